The lowest BCUT2D eigenvalue weighted by Crippen LogP contribution is -2.25. The number of fused-ring (bicyclic) bond motifs is 1. The van der Waals surface area contributed by atoms with Crippen molar-refractivity contribution in [3.05, 3.63) is 117 Å². The molecule has 2 aromatic carbocycles. The molecule has 2 N–H and O–H groups in total. The number of hydrogen-bond donors (Lipinski definition) is 2. The number of hydrogen-bond acceptors (Lipinski definition) is 10. The van der Waals surface area contributed by atoms with Crippen molar-refractivity contribution in [2.45, 2.75) is 89.5 Å². The third-order valence-electron chi connectivity index (χ3n) is 11.6. The Hall–Kier alpha value is -5.90. The van der Waals surface area contributed by atoms with Crippen LogP contribution in [0.4, 0.5) is 4.39 Å². The third-order valence-corrected chi connectivity index (χ3v) is 12.0. The molecule has 5 aromatic rings. The molecule has 2 fully saturated rings. The molecule has 1 saturated carbocycles. The van der Waals surface area contributed by atoms with Gasteiger partial charge in [0.1, 0.15) is 30.4 Å². The SMILES string of the molecule is COc1nc(-c2cc(F)cc(-c3cccc4c3CC[C@@H]4Oc3ccc(CCC[C@@H]4CCC(=O)N4)c(OCc4cncc(C#N)c4)n3)c2Cl)ccc1CNC[C@@H]1CCC(=O)C1. The number of nitriles is 1. The Morgan fingerprint density at radius 1 is 0.950 bits per heavy atom. The number of nitrogens with one attached hydrogen (secondary N) is 2. The van der Waals surface area contributed by atoms with Gasteiger partial charge in [-0.3, -0.25) is 14.6 Å². The largest absolute Gasteiger partial charge is 0.481 e. The minimum Gasteiger partial charge on any atom is -0.481 e. The number of rotatable bonds is 16. The number of nitrogens with zero attached hydrogens (tertiary/aromatic N) is 4. The lowest BCUT2D eigenvalue weighted by molar-refractivity contribution is -0.119. The van der Waals surface area contributed by atoms with Crippen LogP contribution in [0.1, 0.15) is 90.9 Å². The zero-order valence-electron chi connectivity index (χ0n) is 33.4. The molecule has 2 aliphatic carbocycles. The van der Waals surface area contributed by atoms with Gasteiger partial charge >= 0.3 is 0 Å². The van der Waals surface area contributed by atoms with Crippen molar-refractivity contribution < 1.29 is 28.2 Å². The fourth-order valence-electron chi connectivity index (χ4n) is 8.56. The standard InChI is InChI=1S/C47H46ClFN6O5/c1-58-46-32(26-52-23-28-8-12-35(56)19-28)9-14-41(54-46)40-21-33(49)20-39(45(40)48)36-6-3-7-38-37(36)13-15-42(38)60-44-17-10-31(4-2-5-34-11-16-43(57)53-34)47(55-44)59-27-30-18-29(22-50)24-51-25-30/h3,6-7,9-10,14,17-18,20-21,24-25,28,34,42,52H,2,4-5,8,11-13,15-16,19,23,26-27H2,1H3,(H,53,57)/t28-,34-,42+/m1/s1. The number of halogens is 2. The number of carbonyl (C=O) groups excluding carboxylic acids is 2. The van der Waals surface area contributed by atoms with E-state index in [-0.39, 0.29) is 24.7 Å². The fraction of sp³-hybridized carbons (Fsp3) is 0.362. The Balaban J connectivity index is 1.00. The molecule has 13 heteroatoms. The van der Waals surface area contributed by atoms with Crippen molar-refractivity contribution in [1.29, 1.82) is 5.26 Å². The Bertz CT molecular complexity index is 2460. The number of aromatic nitrogens is 3. The predicted octanol–water partition coefficient (Wildman–Crippen LogP) is 8.58. The minimum absolute atomic E-state index is 0.101. The van der Waals surface area contributed by atoms with Crippen LogP contribution in [0.2, 0.25) is 5.02 Å². The van der Waals surface area contributed by atoms with E-state index in [2.05, 4.69) is 21.7 Å². The lowest BCUT2D eigenvalue weighted by atomic mass is 9.94. The van der Waals surface area contributed by atoms with Gasteiger partial charge in [0, 0.05) is 78.1 Å². The van der Waals surface area contributed by atoms with Gasteiger partial charge in [-0.1, -0.05) is 35.9 Å². The summed E-state index contributed by atoms with van der Waals surface area (Å²) in [7, 11) is 1.56. The molecule has 8 rings (SSSR count). The summed E-state index contributed by atoms with van der Waals surface area (Å²) in [5.41, 5.74) is 7.28. The fourth-order valence-corrected chi connectivity index (χ4v) is 8.87. The monoisotopic (exact) mass is 828 g/mol. The van der Waals surface area contributed by atoms with E-state index in [1.807, 2.05) is 42.5 Å². The van der Waals surface area contributed by atoms with Crippen LogP contribution in [0.5, 0.6) is 17.6 Å². The summed E-state index contributed by atoms with van der Waals surface area (Å²) in [5, 5.41) is 16.2. The molecule has 3 aliphatic rings. The Morgan fingerprint density at radius 2 is 1.82 bits per heavy atom. The average Bonchev–Trinajstić information content (AvgIpc) is 4.00. The van der Waals surface area contributed by atoms with E-state index in [0.717, 1.165) is 65.6 Å². The van der Waals surface area contributed by atoms with Crippen molar-refractivity contribution in [3.63, 3.8) is 0 Å². The van der Waals surface area contributed by atoms with E-state index >= 15 is 4.39 Å². The van der Waals surface area contributed by atoms with Crippen LogP contribution in [-0.2, 0) is 35.6 Å². The van der Waals surface area contributed by atoms with Crippen LogP contribution in [0.3, 0.4) is 0 Å². The molecule has 1 aliphatic heterocycles. The number of aryl methyl sites for hydroxylation is 1. The van der Waals surface area contributed by atoms with E-state index in [4.69, 9.17) is 35.8 Å². The van der Waals surface area contributed by atoms with Gasteiger partial charge in [-0.25, -0.2) is 9.37 Å². The van der Waals surface area contributed by atoms with Gasteiger partial charge in [-0.05, 0) is 104 Å². The number of pyridine rings is 3. The van der Waals surface area contributed by atoms with Crippen LogP contribution in [0.25, 0.3) is 22.4 Å². The highest BCUT2D eigenvalue weighted by atomic mass is 35.5. The molecule has 1 saturated heterocycles. The van der Waals surface area contributed by atoms with Crippen molar-refractivity contribution in [1.82, 2.24) is 25.6 Å². The van der Waals surface area contributed by atoms with E-state index in [0.29, 0.717) is 102 Å². The second kappa shape index (κ2) is 18.6. The molecule has 308 valence electrons. The maximum Gasteiger partial charge on any atom is 0.220 e. The summed E-state index contributed by atoms with van der Waals surface area (Å²) in [6, 6.07) is 20.4. The molecule has 4 heterocycles. The van der Waals surface area contributed by atoms with Gasteiger partial charge in [0.15, 0.2) is 0 Å². The summed E-state index contributed by atoms with van der Waals surface area (Å²) in [6.45, 7) is 1.43. The molecule has 0 spiro atoms. The minimum atomic E-state index is -0.439. The number of carbonyl (C=O) groups is 2. The van der Waals surface area contributed by atoms with Gasteiger partial charge in [0.25, 0.3) is 0 Å². The van der Waals surface area contributed by atoms with Crippen molar-refractivity contribution in [3.8, 4) is 46.1 Å². The first-order valence-corrected chi connectivity index (χ1v) is 20.9. The molecule has 1 amide bonds. The van der Waals surface area contributed by atoms with Crippen molar-refractivity contribution >= 4 is 23.3 Å². The number of ketones is 1. The molecule has 0 unspecified atom stereocenters. The summed E-state index contributed by atoms with van der Waals surface area (Å²) in [6.07, 6.45) is 10.2. The summed E-state index contributed by atoms with van der Waals surface area (Å²) in [4.78, 5) is 37.1. The van der Waals surface area contributed by atoms with E-state index in [9.17, 15) is 14.9 Å². The topological polar surface area (TPSA) is 148 Å². The molecule has 11 nitrogen and oxygen atoms in total. The zero-order valence-corrected chi connectivity index (χ0v) is 34.2. The first kappa shape index (κ1) is 40.9. The molecular weight excluding hydrogens is 783 g/mol. The normalized spacial score (nSPS) is 18.3. The van der Waals surface area contributed by atoms with Crippen LogP contribution in [0.15, 0.2) is 73.1 Å². The highest BCUT2D eigenvalue weighted by Gasteiger charge is 2.29. The van der Waals surface area contributed by atoms with Gasteiger partial charge < -0.3 is 24.8 Å². The zero-order chi connectivity index (χ0) is 41.6. The number of ether oxygens (including phenoxy) is 3. The Labute approximate surface area is 353 Å². The summed E-state index contributed by atoms with van der Waals surface area (Å²) >= 11 is 7.14. The van der Waals surface area contributed by atoms with E-state index < -0.39 is 5.82 Å². The maximum absolute atomic E-state index is 15.5. The van der Waals surface area contributed by atoms with E-state index in [1.165, 1.54) is 18.3 Å². The second-order valence-corrected chi connectivity index (χ2v) is 16.1. The van der Waals surface area contributed by atoms with Crippen LogP contribution in [-0.4, -0.2) is 46.3 Å². The molecule has 3 atom stereocenters. The number of benzene rings is 2. The quantitative estimate of drug-likeness (QED) is 0.0991. The highest BCUT2D eigenvalue weighted by molar-refractivity contribution is 6.36. The average molecular weight is 829 g/mol. The highest BCUT2D eigenvalue weighted by Crippen LogP contribution is 2.44. The summed E-state index contributed by atoms with van der Waals surface area (Å²) in [5.74, 6) is 1.59. The molecular formula is C47H46ClFN6O5. The van der Waals surface area contributed by atoms with Gasteiger partial charge in [0.05, 0.1) is 23.4 Å². The van der Waals surface area contributed by atoms with E-state index in [1.54, 1.807) is 19.4 Å². The first-order chi connectivity index (χ1) is 29.2. The smallest absolute Gasteiger partial charge is 0.220 e. The second-order valence-electron chi connectivity index (χ2n) is 15.8. The molecule has 0 radical (unpaired) electrons. The number of amides is 1. The third kappa shape index (κ3) is 9.43. The predicted molar refractivity (Wildman–Crippen MR) is 224 cm³/mol. The lowest BCUT2D eigenvalue weighted by Gasteiger charge is -2.18. The first-order valence-electron chi connectivity index (χ1n) is 20.5. The number of Topliss-reactive ketones (excluding diaryl/α,β-unsaturated/α-hetero) is 1. The molecule has 3 aromatic heterocycles. The Kier molecular flexibility index (Phi) is 12.6. The number of methoxy groups -OCH3 is 1. The maximum atomic E-state index is 15.5. The van der Waals surface area contributed by atoms with Crippen LogP contribution >= 0.6 is 11.6 Å². The van der Waals surface area contributed by atoms with Crippen molar-refractivity contribution in [2.75, 3.05) is 13.7 Å². The van der Waals surface area contributed by atoms with Crippen LogP contribution in [0, 0.1) is 23.1 Å². The molecule has 0 bridgehead atoms. The van der Waals surface area contributed by atoms with Gasteiger partial charge in [0.2, 0.25) is 23.5 Å². The van der Waals surface area contributed by atoms with Gasteiger partial charge in [-0.15, -0.1) is 0 Å². The van der Waals surface area contributed by atoms with Gasteiger partial charge in [-0.2, -0.15) is 10.2 Å². The summed E-state index contributed by atoms with van der Waals surface area (Å²) < 4.78 is 34.0. The van der Waals surface area contributed by atoms with Crippen LogP contribution < -0.4 is 24.8 Å². The Morgan fingerprint density at radius 3 is 2.62 bits per heavy atom. The van der Waals surface area contributed by atoms with Crippen molar-refractivity contribution in [2.24, 2.45) is 5.92 Å². The molecule has 60 heavy (non-hydrogen) atoms.